The molecule has 0 saturated carbocycles. The van der Waals surface area contributed by atoms with E-state index >= 15 is 0 Å². The molecule has 0 radical (unpaired) electrons. The Bertz CT molecular complexity index is 1090. The van der Waals surface area contributed by atoms with E-state index in [9.17, 15) is 14.7 Å². The normalized spacial score (nSPS) is 15.7. The summed E-state index contributed by atoms with van der Waals surface area (Å²) in [5, 5.41) is 9.71. The molecule has 1 aliphatic rings. The molecule has 5 nitrogen and oxygen atoms in total. The maximum atomic E-state index is 12.6. The molecule has 0 atom stereocenters. The lowest BCUT2D eigenvalue weighted by Gasteiger charge is -2.12. The molecule has 1 aromatic heterocycles. The van der Waals surface area contributed by atoms with Gasteiger partial charge in [0.1, 0.15) is 17.3 Å². The van der Waals surface area contributed by atoms with E-state index in [0.29, 0.717) is 22.2 Å². The van der Waals surface area contributed by atoms with Crippen molar-refractivity contribution in [1.29, 1.82) is 0 Å². The van der Waals surface area contributed by atoms with Gasteiger partial charge in [-0.1, -0.05) is 29.8 Å². The number of amides is 2. The third kappa shape index (κ3) is 3.37. The largest absolute Gasteiger partial charge is 0.508 e. The summed E-state index contributed by atoms with van der Waals surface area (Å²) in [6, 6.07) is 16.7. The topological polar surface area (TPSA) is 70.8 Å². The minimum absolute atomic E-state index is 0.0223. The second-order valence-corrected chi connectivity index (χ2v) is 7.12. The van der Waals surface area contributed by atoms with Crippen LogP contribution in [0.2, 0.25) is 5.02 Å². The van der Waals surface area contributed by atoms with Gasteiger partial charge >= 0.3 is 0 Å². The molecular weight excluding hydrogens is 386 g/mol. The summed E-state index contributed by atoms with van der Waals surface area (Å²) < 4.78 is 5.76. The van der Waals surface area contributed by atoms with Crippen LogP contribution in [-0.2, 0) is 4.79 Å². The van der Waals surface area contributed by atoms with E-state index in [-0.39, 0.29) is 10.7 Å². The molecule has 1 fully saturated rings. The van der Waals surface area contributed by atoms with Gasteiger partial charge in [0.2, 0.25) is 0 Å². The van der Waals surface area contributed by atoms with Crippen LogP contribution in [0, 0.1) is 0 Å². The first kappa shape index (κ1) is 17.5. The Kier molecular flexibility index (Phi) is 4.51. The summed E-state index contributed by atoms with van der Waals surface area (Å²) in [7, 11) is 0. The van der Waals surface area contributed by atoms with Gasteiger partial charge < -0.3 is 9.52 Å². The monoisotopic (exact) mass is 397 g/mol. The lowest BCUT2D eigenvalue weighted by molar-refractivity contribution is -0.113. The Morgan fingerprint density at radius 1 is 1.04 bits per heavy atom. The number of furan rings is 1. The summed E-state index contributed by atoms with van der Waals surface area (Å²) in [5.74, 6) is 0.516. The number of benzene rings is 2. The predicted octanol–water partition coefficient (Wildman–Crippen LogP) is 5.55. The molecule has 27 heavy (non-hydrogen) atoms. The van der Waals surface area contributed by atoms with E-state index in [1.165, 1.54) is 18.2 Å². The van der Waals surface area contributed by atoms with Gasteiger partial charge in [0.25, 0.3) is 11.1 Å². The molecule has 0 unspecified atom stereocenters. The Hall–Kier alpha value is -2.96. The van der Waals surface area contributed by atoms with E-state index in [1.807, 2.05) is 18.2 Å². The maximum Gasteiger partial charge on any atom is 0.298 e. The molecular formula is C20H12ClNO4S. The highest BCUT2D eigenvalue weighted by molar-refractivity contribution is 8.19. The highest BCUT2D eigenvalue weighted by Crippen LogP contribution is 2.37. The SMILES string of the molecule is O=C1SC(=Cc2ccc(-c3ccccc3Cl)o2)C(=O)N1c1cccc(O)c1. The minimum Gasteiger partial charge on any atom is -0.508 e. The number of nitrogens with zero attached hydrogens (tertiary/aromatic N) is 1. The highest BCUT2D eigenvalue weighted by Gasteiger charge is 2.36. The minimum atomic E-state index is -0.466. The zero-order valence-electron chi connectivity index (χ0n) is 13.8. The third-order valence-corrected chi connectivity index (χ3v) is 5.12. The molecule has 0 aliphatic carbocycles. The molecule has 3 aromatic rings. The van der Waals surface area contributed by atoms with Crippen LogP contribution in [0.4, 0.5) is 10.5 Å². The van der Waals surface area contributed by atoms with Crippen LogP contribution in [0.25, 0.3) is 17.4 Å². The summed E-state index contributed by atoms with van der Waals surface area (Å²) >= 11 is 6.99. The number of phenols is 1. The molecule has 0 bridgehead atoms. The Labute approximate surface area is 163 Å². The fourth-order valence-electron chi connectivity index (χ4n) is 2.69. The quantitative estimate of drug-likeness (QED) is 0.587. The fourth-order valence-corrected chi connectivity index (χ4v) is 3.74. The molecule has 0 spiro atoms. The van der Waals surface area contributed by atoms with Crippen LogP contribution in [0.15, 0.2) is 70.0 Å². The van der Waals surface area contributed by atoms with Gasteiger partial charge in [-0.3, -0.25) is 9.59 Å². The molecule has 2 amide bonds. The summed E-state index contributed by atoms with van der Waals surface area (Å²) in [6.45, 7) is 0. The van der Waals surface area contributed by atoms with Gasteiger partial charge in [-0.2, -0.15) is 0 Å². The molecule has 1 saturated heterocycles. The summed E-state index contributed by atoms with van der Waals surface area (Å²) in [6.07, 6.45) is 1.52. The van der Waals surface area contributed by atoms with Crippen molar-refractivity contribution >= 4 is 46.3 Å². The van der Waals surface area contributed by atoms with Crippen molar-refractivity contribution in [2.45, 2.75) is 0 Å². The van der Waals surface area contributed by atoms with Gasteiger partial charge in [0.15, 0.2) is 0 Å². The van der Waals surface area contributed by atoms with Crippen molar-refractivity contribution in [1.82, 2.24) is 0 Å². The first-order valence-corrected chi connectivity index (χ1v) is 9.14. The van der Waals surface area contributed by atoms with Gasteiger partial charge in [0.05, 0.1) is 15.6 Å². The molecule has 2 aromatic carbocycles. The first-order chi connectivity index (χ1) is 13.0. The van der Waals surface area contributed by atoms with E-state index in [4.69, 9.17) is 16.0 Å². The van der Waals surface area contributed by atoms with Crippen molar-refractivity contribution in [2.75, 3.05) is 4.90 Å². The van der Waals surface area contributed by atoms with Crippen molar-refractivity contribution in [3.05, 3.63) is 76.4 Å². The number of anilines is 1. The number of hydrogen-bond donors (Lipinski definition) is 1. The molecule has 2 heterocycles. The van der Waals surface area contributed by atoms with Crippen LogP contribution in [0.3, 0.4) is 0 Å². The summed E-state index contributed by atoms with van der Waals surface area (Å²) in [4.78, 5) is 26.2. The first-order valence-electron chi connectivity index (χ1n) is 7.94. The van der Waals surface area contributed by atoms with E-state index in [0.717, 1.165) is 22.2 Å². The van der Waals surface area contributed by atoms with Crippen LogP contribution >= 0.6 is 23.4 Å². The molecule has 134 valence electrons. The average Bonchev–Trinajstić information content (AvgIpc) is 3.20. The Morgan fingerprint density at radius 3 is 2.63 bits per heavy atom. The number of hydrogen-bond acceptors (Lipinski definition) is 5. The number of thioether (sulfide) groups is 1. The fraction of sp³-hybridized carbons (Fsp3) is 0. The van der Waals surface area contributed by atoms with Crippen molar-refractivity contribution < 1.29 is 19.1 Å². The summed E-state index contributed by atoms with van der Waals surface area (Å²) in [5.41, 5.74) is 1.06. The van der Waals surface area contributed by atoms with Gasteiger partial charge in [-0.15, -0.1) is 0 Å². The molecule has 1 N–H and O–H groups in total. The van der Waals surface area contributed by atoms with Crippen LogP contribution in [-0.4, -0.2) is 16.3 Å². The smallest absolute Gasteiger partial charge is 0.298 e. The number of aromatic hydroxyl groups is 1. The lowest BCUT2D eigenvalue weighted by Crippen LogP contribution is -2.27. The number of phenolic OH excluding ortho intramolecular Hbond substituents is 1. The van der Waals surface area contributed by atoms with Crippen molar-refractivity contribution in [3.8, 4) is 17.1 Å². The number of carbonyl (C=O) groups is 2. The third-order valence-electron chi connectivity index (χ3n) is 3.92. The standard InChI is InChI=1S/C20H12ClNO4S/c21-16-7-2-1-6-15(16)17-9-8-14(26-17)11-18-19(24)22(20(25)27-18)12-4-3-5-13(23)10-12/h1-11,23H. The molecule has 4 rings (SSSR count). The van der Waals surface area contributed by atoms with Gasteiger partial charge in [0, 0.05) is 17.7 Å². The van der Waals surface area contributed by atoms with Gasteiger partial charge in [-0.25, -0.2) is 4.90 Å². The number of carbonyl (C=O) groups excluding carboxylic acids is 2. The Morgan fingerprint density at radius 2 is 1.85 bits per heavy atom. The molecule has 7 heteroatoms. The zero-order valence-corrected chi connectivity index (χ0v) is 15.3. The zero-order chi connectivity index (χ0) is 19.0. The van der Waals surface area contributed by atoms with Crippen LogP contribution in [0.1, 0.15) is 5.76 Å². The van der Waals surface area contributed by atoms with Crippen LogP contribution in [0.5, 0.6) is 5.75 Å². The van der Waals surface area contributed by atoms with E-state index in [2.05, 4.69) is 0 Å². The van der Waals surface area contributed by atoms with E-state index in [1.54, 1.807) is 30.3 Å². The number of imide groups is 1. The Balaban J connectivity index is 1.63. The number of halogens is 1. The predicted molar refractivity (Wildman–Crippen MR) is 106 cm³/mol. The van der Waals surface area contributed by atoms with E-state index < -0.39 is 11.1 Å². The highest BCUT2D eigenvalue weighted by atomic mass is 35.5. The number of rotatable bonds is 3. The lowest BCUT2D eigenvalue weighted by atomic mass is 10.2. The average molecular weight is 398 g/mol. The molecule has 1 aliphatic heterocycles. The maximum absolute atomic E-state index is 12.6. The van der Waals surface area contributed by atoms with Crippen LogP contribution < -0.4 is 4.90 Å². The van der Waals surface area contributed by atoms with Crippen molar-refractivity contribution in [2.24, 2.45) is 0 Å². The second kappa shape index (κ2) is 6.98. The van der Waals surface area contributed by atoms with Crippen molar-refractivity contribution in [3.63, 3.8) is 0 Å². The van der Waals surface area contributed by atoms with Gasteiger partial charge in [-0.05, 0) is 48.2 Å². The second-order valence-electron chi connectivity index (χ2n) is 5.72.